The fourth-order valence-corrected chi connectivity index (χ4v) is 1.93. The number of rotatable bonds is 2. The van der Waals surface area contributed by atoms with Crippen molar-refractivity contribution in [3.05, 3.63) is 23.9 Å². The molecule has 0 aliphatic heterocycles. The summed E-state index contributed by atoms with van der Waals surface area (Å²) >= 11 is 0. The fourth-order valence-electron chi connectivity index (χ4n) is 0.639. The quantitative estimate of drug-likeness (QED) is 0.635. The van der Waals surface area contributed by atoms with Gasteiger partial charge in [0.1, 0.15) is 5.03 Å². The Morgan fingerprint density at radius 3 is 2.90 bits per heavy atom. The van der Waals surface area contributed by atoms with Crippen LogP contribution >= 0.6 is 21.6 Å². The molecule has 1 heterocycles. The highest BCUT2D eigenvalue weighted by Gasteiger charge is 1.91. The molecule has 54 valence electrons. The van der Waals surface area contributed by atoms with Crippen LogP contribution in [-0.4, -0.2) is 11.2 Å². The third-order valence-corrected chi connectivity index (χ3v) is 2.63. The molecule has 0 fully saturated rings. The van der Waals surface area contributed by atoms with E-state index in [-0.39, 0.29) is 0 Å². The van der Waals surface area contributed by atoms with Crippen LogP contribution in [0.2, 0.25) is 0 Å². The van der Waals surface area contributed by atoms with E-state index in [2.05, 4.69) is 24.2 Å². The Labute approximate surface area is 69.0 Å². The molecule has 0 atom stereocenters. The van der Waals surface area contributed by atoms with Crippen LogP contribution in [0.1, 0.15) is 5.56 Å². The molecule has 1 nitrogen and oxygen atoms in total. The van der Waals surface area contributed by atoms with Gasteiger partial charge in [0.2, 0.25) is 0 Å². The van der Waals surface area contributed by atoms with Crippen LogP contribution in [0.25, 0.3) is 0 Å². The standard InChI is InChI=1S/C7H9NS2/c1-6-3-4-8-7(5-6)10-9-2/h3-5H,1-2H3. The van der Waals surface area contributed by atoms with E-state index in [0.717, 1.165) is 5.03 Å². The molecule has 1 rings (SSSR count). The molecule has 0 amide bonds. The first-order valence-corrected chi connectivity index (χ1v) is 5.52. The van der Waals surface area contributed by atoms with Crippen LogP contribution < -0.4 is 0 Å². The second-order valence-electron chi connectivity index (χ2n) is 1.92. The molecule has 3 heteroatoms. The number of aromatic nitrogens is 1. The monoisotopic (exact) mass is 171 g/mol. The van der Waals surface area contributed by atoms with Crippen molar-refractivity contribution >= 4 is 21.6 Å². The highest BCUT2D eigenvalue weighted by Crippen LogP contribution is 2.26. The maximum Gasteiger partial charge on any atom is 0.107 e. The molecule has 1 aromatic heterocycles. The second kappa shape index (κ2) is 3.88. The van der Waals surface area contributed by atoms with E-state index in [1.54, 1.807) is 21.6 Å². The largest absolute Gasteiger partial charge is 0.249 e. The van der Waals surface area contributed by atoms with Crippen molar-refractivity contribution in [3.8, 4) is 0 Å². The molecular formula is C7H9NS2. The molecule has 0 saturated carbocycles. The minimum absolute atomic E-state index is 1.09. The maximum absolute atomic E-state index is 4.17. The number of aryl methyl sites for hydroxylation is 1. The van der Waals surface area contributed by atoms with Crippen molar-refractivity contribution < 1.29 is 0 Å². The van der Waals surface area contributed by atoms with Crippen molar-refractivity contribution in [1.29, 1.82) is 0 Å². The Bertz CT molecular complexity index is 213. The third-order valence-electron chi connectivity index (χ3n) is 1.06. The summed E-state index contributed by atoms with van der Waals surface area (Å²) in [5.74, 6) is 0. The number of hydrogen-bond donors (Lipinski definition) is 0. The van der Waals surface area contributed by atoms with Gasteiger partial charge in [0.05, 0.1) is 0 Å². The Morgan fingerprint density at radius 1 is 1.50 bits per heavy atom. The van der Waals surface area contributed by atoms with Gasteiger partial charge in [-0.2, -0.15) is 0 Å². The van der Waals surface area contributed by atoms with Gasteiger partial charge in [-0.05, 0) is 41.7 Å². The fraction of sp³-hybridized carbons (Fsp3) is 0.286. The SMILES string of the molecule is CSSc1cc(C)ccn1. The molecule has 0 saturated heterocycles. The normalized spacial score (nSPS) is 9.80. The summed E-state index contributed by atoms with van der Waals surface area (Å²) < 4.78 is 0. The maximum atomic E-state index is 4.17. The number of nitrogens with zero attached hydrogens (tertiary/aromatic N) is 1. The second-order valence-corrected chi connectivity index (χ2v) is 4.34. The summed E-state index contributed by atoms with van der Waals surface area (Å²) in [5.41, 5.74) is 1.27. The van der Waals surface area contributed by atoms with Gasteiger partial charge in [-0.3, -0.25) is 0 Å². The molecule has 1 aromatic rings. The predicted octanol–water partition coefficient (Wildman–Crippen LogP) is 2.76. The molecule has 0 aromatic carbocycles. The van der Waals surface area contributed by atoms with E-state index >= 15 is 0 Å². The molecule has 0 aliphatic rings. The molecule has 0 unspecified atom stereocenters. The smallest absolute Gasteiger partial charge is 0.107 e. The lowest BCUT2D eigenvalue weighted by Gasteiger charge is -1.95. The molecule has 0 radical (unpaired) electrons. The summed E-state index contributed by atoms with van der Waals surface area (Å²) in [6.07, 6.45) is 3.89. The molecule has 10 heavy (non-hydrogen) atoms. The third kappa shape index (κ3) is 2.23. The highest BCUT2D eigenvalue weighted by molar-refractivity contribution is 8.76. The average Bonchev–Trinajstić information content (AvgIpc) is 1.88. The number of hydrogen-bond acceptors (Lipinski definition) is 3. The summed E-state index contributed by atoms with van der Waals surface area (Å²) in [5, 5.41) is 1.09. The van der Waals surface area contributed by atoms with Crippen molar-refractivity contribution in [2.75, 3.05) is 6.26 Å². The van der Waals surface area contributed by atoms with E-state index in [0.29, 0.717) is 0 Å². The van der Waals surface area contributed by atoms with Gasteiger partial charge in [-0.15, -0.1) is 0 Å². The molecule has 0 aliphatic carbocycles. The van der Waals surface area contributed by atoms with Gasteiger partial charge in [0.15, 0.2) is 0 Å². The first-order chi connectivity index (χ1) is 4.83. The van der Waals surface area contributed by atoms with Crippen molar-refractivity contribution in [1.82, 2.24) is 4.98 Å². The minimum atomic E-state index is 1.09. The highest BCUT2D eigenvalue weighted by atomic mass is 33.1. The molecule has 0 bridgehead atoms. The molecule has 0 N–H and O–H groups in total. The van der Waals surface area contributed by atoms with Crippen molar-refractivity contribution in [3.63, 3.8) is 0 Å². The van der Waals surface area contributed by atoms with E-state index < -0.39 is 0 Å². The zero-order valence-electron chi connectivity index (χ0n) is 6.00. The van der Waals surface area contributed by atoms with Crippen LogP contribution in [0.3, 0.4) is 0 Å². The topological polar surface area (TPSA) is 12.9 Å². The summed E-state index contributed by atoms with van der Waals surface area (Å²) in [6, 6.07) is 4.09. The molecular weight excluding hydrogens is 162 g/mol. The minimum Gasteiger partial charge on any atom is -0.249 e. The summed E-state index contributed by atoms with van der Waals surface area (Å²) in [7, 11) is 3.41. The van der Waals surface area contributed by atoms with Gasteiger partial charge < -0.3 is 0 Å². The first kappa shape index (κ1) is 7.95. The van der Waals surface area contributed by atoms with Gasteiger partial charge in [-0.1, -0.05) is 10.8 Å². The summed E-state index contributed by atoms with van der Waals surface area (Å²) in [6.45, 7) is 2.08. The van der Waals surface area contributed by atoms with Crippen molar-refractivity contribution in [2.24, 2.45) is 0 Å². The van der Waals surface area contributed by atoms with Crippen LogP contribution in [0, 0.1) is 6.92 Å². The summed E-state index contributed by atoms with van der Waals surface area (Å²) in [4.78, 5) is 4.17. The Hall–Kier alpha value is -0.150. The Balaban J connectivity index is 2.75. The number of pyridine rings is 1. The van der Waals surface area contributed by atoms with E-state index in [1.165, 1.54) is 5.56 Å². The zero-order chi connectivity index (χ0) is 7.40. The lowest BCUT2D eigenvalue weighted by Crippen LogP contribution is -1.77. The predicted molar refractivity (Wildman–Crippen MR) is 48.3 cm³/mol. The van der Waals surface area contributed by atoms with Gasteiger partial charge in [0.25, 0.3) is 0 Å². The van der Waals surface area contributed by atoms with Gasteiger partial charge >= 0.3 is 0 Å². The lowest BCUT2D eigenvalue weighted by molar-refractivity contribution is 1.12. The van der Waals surface area contributed by atoms with E-state index in [9.17, 15) is 0 Å². The van der Waals surface area contributed by atoms with Crippen LogP contribution in [-0.2, 0) is 0 Å². The van der Waals surface area contributed by atoms with Crippen molar-refractivity contribution in [2.45, 2.75) is 11.9 Å². The zero-order valence-corrected chi connectivity index (χ0v) is 7.63. The molecule has 0 spiro atoms. The van der Waals surface area contributed by atoms with Crippen LogP contribution in [0.4, 0.5) is 0 Å². The van der Waals surface area contributed by atoms with E-state index in [4.69, 9.17) is 0 Å². The van der Waals surface area contributed by atoms with Gasteiger partial charge in [0, 0.05) is 6.20 Å². The first-order valence-electron chi connectivity index (χ1n) is 2.96. The lowest BCUT2D eigenvalue weighted by atomic mass is 10.3. The van der Waals surface area contributed by atoms with Crippen LogP contribution in [0.15, 0.2) is 23.4 Å². The van der Waals surface area contributed by atoms with Gasteiger partial charge in [-0.25, -0.2) is 4.98 Å². The average molecular weight is 171 g/mol. The van der Waals surface area contributed by atoms with E-state index in [1.807, 2.05) is 12.3 Å². The Kier molecular flexibility index (Phi) is 3.09. The van der Waals surface area contributed by atoms with Crippen LogP contribution in [0.5, 0.6) is 0 Å². The Morgan fingerprint density at radius 2 is 2.30 bits per heavy atom.